The van der Waals surface area contributed by atoms with Crippen LogP contribution in [-0.2, 0) is 4.79 Å². The molecule has 2 heterocycles. The molecule has 1 aliphatic rings. The summed E-state index contributed by atoms with van der Waals surface area (Å²) in [6.45, 7) is 6.30. The molecule has 0 spiro atoms. The van der Waals surface area contributed by atoms with Gasteiger partial charge in [0.25, 0.3) is 5.91 Å². The van der Waals surface area contributed by atoms with Crippen LogP contribution in [0.2, 0.25) is 0 Å². The molecular formula is C16H23N3O3. The molecule has 120 valence electrons. The predicted octanol–water partition coefficient (Wildman–Crippen LogP) is 2.01. The van der Waals surface area contributed by atoms with Crippen LogP contribution in [-0.4, -0.2) is 52.5 Å². The highest BCUT2D eigenvalue weighted by Crippen LogP contribution is 2.20. The molecule has 0 aliphatic carbocycles. The van der Waals surface area contributed by atoms with Crippen molar-refractivity contribution in [2.24, 2.45) is 0 Å². The number of carboxylic acid groups (broad SMARTS) is 1. The maximum atomic E-state index is 12.5. The summed E-state index contributed by atoms with van der Waals surface area (Å²) in [5.74, 6) is -0.346. The molecule has 1 atom stereocenters. The van der Waals surface area contributed by atoms with E-state index in [0.29, 0.717) is 18.5 Å². The van der Waals surface area contributed by atoms with Gasteiger partial charge in [-0.25, -0.2) is 9.78 Å². The Morgan fingerprint density at radius 2 is 2.05 bits per heavy atom. The number of amides is 1. The van der Waals surface area contributed by atoms with Gasteiger partial charge in [0.2, 0.25) is 0 Å². The third-order valence-corrected chi connectivity index (χ3v) is 4.13. The monoisotopic (exact) mass is 305 g/mol. The van der Waals surface area contributed by atoms with Crippen LogP contribution < -0.4 is 4.90 Å². The first-order valence-corrected chi connectivity index (χ1v) is 7.83. The average molecular weight is 305 g/mol. The van der Waals surface area contributed by atoms with Crippen LogP contribution in [0.25, 0.3) is 0 Å². The maximum absolute atomic E-state index is 12.5. The number of carbonyl (C=O) groups is 2. The molecule has 1 aliphatic heterocycles. The van der Waals surface area contributed by atoms with Crippen molar-refractivity contribution < 1.29 is 14.7 Å². The second kappa shape index (κ2) is 7.24. The van der Waals surface area contributed by atoms with Crippen molar-refractivity contribution >= 4 is 17.7 Å². The van der Waals surface area contributed by atoms with E-state index in [1.165, 1.54) is 4.90 Å². The van der Waals surface area contributed by atoms with E-state index in [0.717, 1.165) is 31.7 Å². The highest BCUT2D eigenvalue weighted by atomic mass is 16.4. The molecule has 1 aromatic rings. The minimum absolute atomic E-state index is 0.245. The number of hydrogen-bond acceptors (Lipinski definition) is 4. The lowest BCUT2D eigenvalue weighted by molar-refractivity contribution is -0.143. The number of carboxylic acids is 1. The summed E-state index contributed by atoms with van der Waals surface area (Å²) in [4.78, 5) is 31.7. The molecule has 0 aromatic carbocycles. The smallest absolute Gasteiger partial charge is 0.326 e. The summed E-state index contributed by atoms with van der Waals surface area (Å²) in [5, 5.41) is 9.27. The van der Waals surface area contributed by atoms with Crippen LogP contribution in [0.1, 0.15) is 43.5 Å². The van der Waals surface area contributed by atoms with Crippen LogP contribution >= 0.6 is 0 Å². The fourth-order valence-corrected chi connectivity index (χ4v) is 2.84. The molecule has 0 bridgehead atoms. The van der Waals surface area contributed by atoms with Crippen molar-refractivity contribution in [3.05, 3.63) is 23.9 Å². The van der Waals surface area contributed by atoms with Gasteiger partial charge in [0.1, 0.15) is 11.9 Å². The van der Waals surface area contributed by atoms with Gasteiger partial charge in [-0.15, -0.1) is 0 Å². The number of pyridine rings is 1. The number of aliphatic carboxylic acids is 1. The molecule has 0 unspecified atom stereocenters. The van der Waals surface area contributed by atoms with E-state index < -0.39 is 12.0 Å². The lowest BCUT2D eigenvalue weighted by Crippen LogP contribution is -2.48. The fourth-order valence-electron chi connectivity index (χ4n) is 2.84. The zero-order valence-corrected chi connectivity index (χ0v) is 13.2. The second-order valence-electron chi connectivity index (χ2n) is 5.43. The van der Waals surface area contributed by atoms with Gasteiger partial charge in [-0.3, -0.25) is 4.79 Å². The minimum atomic E-state index is -0.930. The number of likely N-dealkylation sites (tertiary alicyclic amines) is 1. The molecule has 6 nitrogen and oxygen atoms in total. The number of nitrogens with zero attached hydrogens (tertiary/aromatic N) is 3. The zero-order chi connectivity index (χ0) is 16.1. The summed E-state index contributed by atoms with van der Waals surface area (Å²) in [5.41, 5.74) is 0.448. The molecule has 1 aromatic heterocycles. The van der Waals surface area contributed by atoms with Crippen LogP contribution in [0.3, 0.4) is 0 Å². The Morgan fingerprint density at radius 3 is 2.59 bits per heavy atom. The topological polar surface area (TPSA) is 73.7 Å². The second-order valence-corrected chi connectivity index (χ2v) is 5.43. The summed E-state index contributed by atoms with van der Waals surface area (Å²) < 4.78 is 0. The average Bonchev–Trinajstić information content (AvgIpc) is 2.56. The molecule has 6 heteroatoms. The van der Waals surface area contributed by atoms with Gasteiger partial charge in [0.05, 0.1) is 5.56 Å². The molecular weight excluding hydrogens is 282 g/mol. The molecule has 2 rings (SSSR count). The third kappa shape index (κ3) is 3.37. The van der Waals surface area contributed by atoms with Gasteiger partial charge < -0.3 is 14.9 Å². The number of piperidine rings is 1. The highest BCUT2D eigenvalue weighted by molar-refractivity contribution is 5.96. The normalized spacial score (nSPS) is 18.1. The van der Waals surface area contributed by atoms with E-state index in [1.807, 2.05) is 6.07 Å². The summed E-state index contributed by atoms with van der Waals surface area (Å²) in [6.07, 6.45) is 3.76. The van der Waals surface area contributed by atoms with Crippen molar-refractivity contribution in [1.82, 2.24) is 9.88 Å². The van der Waals surface area contributed by atoms with Crippen molar-refractivity contribution in [3.63, 3.8) is 0 Å². The van der Waals surface area contributed by atoms with Crippen LogP contribution in [0.4, 0.5) is 5.82 Å². The number of anilines is 1. The molecule has 0 radical (unpaired) electrons. The first-order chi connectivity index (χ1) is 10.6. The third-order valence-electron chi connectivity index (χ3n) is 4.13. The van der Waals surface area contributed by atoms with Crippen LogP contribution in [0.5, 0.6) is 0 Å². The van der Waals surface area contributed by atoms with Gasteiger partial charge in [0, 0.05) is 25.8 Å². The largest absolute Gasteiger partial charge is 0.480 e. The predicted molar refractivity (Wildman–Crippen MR) is 84.1 cm³/mol. The maximum Gasteiger partial charge on any atom is 0.326 e. The van der Waals surface area contributed by atoms with Crippen molar-refractivity contribution in [2.45, 2.75) is 39.2 Å². The lowest BCUT2D eigenvalue weighted by atomic mass is 10.0. The molecule has 0 saturated carbocycles. The molecule has 22 heavy (non-hydrogen) atoms. The Kier molecular flexibility index (Phi) is 5.35. The van der Waals surface area contributed by atoms with Crippen molar-refractivity contribution in [2.75, 3.05) is 24.5 Å². The van der Waals surface area contributed by atoms with Crippen molar-refractivity contribution in [1.29, 1.82) is 0 Å². The van der Waals surface area contributed by atoms with Gasteiger partial charge in [-0.2, -0.15) is 0 Å². The van der Waals surface area contributed by atoms with E-state index >= 15 is 0 Å². The summed E-state index contributed by atoms with van der Waals surface area (Å²) in [6, 6.07) is 2.83. The Bertz CT molecular complexity index is 526. The first-order valence-electron chi connectivity index (χ1n) is 7.83. The molecule has 1 amide bonds. The SMILES string of the molecule is CCN(CC)c1ccc(C(=O)N2CCCC[C@H]2C(=O)O)cn1. The lowest BCUT2D eigenvalue weighted by Gasteiger charge is -2.33. The van der Waals surface area contributed by atoms with E-state index in [1.54, 1.807) is 12.3 Å². The number of carbonyl (C=O) groups excluding carboxylic acids is 1. The van der Waals surface area contributed by atoms with Gasteiger partial charge in [-0.1, -0.05) is 0 Å². The van der Waals surface area contributed by atoms with Gasteiger partial charge in [-0.05, 0) is 45.2 Å². The minimum Gasteiger partial charge on any atom is -0.480 e. The first kappa shape index (κ1) is 16.3. The molecule has 1 fully saturated rings. The Labute approximate surface area is 130 Å². The number of rotatable bonds is 5. The standard InChI is InChI=1S/C16H23N3O3/c1-3-18(4-2)14-9-8-12(11-17-14)15(20)19-10-6-5-7-13(19)16(21)22/h8-9,11,13H,3-7,10H2,1-2H3,(H,21,22)/t13-/m0/s1. The quantitative estimate of drug-likeness (QED) is 0.900. The highest BCUT2D eigenvalue weighted by Gasteiger charge is 2.32. The molecule has 1 saturated heterocycles. The summed E-state index contributed by atoms with van der Waals surface area (Å²) in [7, 11) is 0. The van der Waals surface area contributed by atoms with E-state index in [4.69, 9.17) is 0 Å². The van der Waals surface area contributed by atoms with Crippen LogP contribution in [0.15, 0.2) is 18.3 Å². The fraction of sp³-hybridized carbons (Fsp3) is 0.562. The van der Waals surface area contributed by atoms with E-state index in [-0.39, 0.29) is 5.91 Å². The van der Waals surface area contributed by atoms with E-state index in [2.05, 4.69) is 23.7 Å². The number of aromatic nitrogens is 1. The van der Waals surface area contributed by atoms with Gasteiger partial charge >= 0.3 is 5.97 Å². The molecule has 1 N–H and O–H groups in total. The zero-order valence-electron chi connectivity index (χ0n) is 13.2. The van der Waals surface area contributed by atoms with E-state index in [9.17, 15) is 14.7 Å². The van der Waals surface area contributed by atoms with Crippen molar-refractivity contribution in [3.8, 4) is 0 Å². The Hall–Kier alpha value is -2.11. The summed E-state index contributed by atoms with van der Waals surface area (Å²) >= 11 is 0. The Balaban J connectivity index is 2.16. The van der Waals surface area contributed by atoms with Gasteiger partial charge in [0.15, 0.2) is 0 Å². The Morgan fingerprint density at radius 1 is 1.32 bits per heavy atom. The number of hydrogen-bond donors (Lipinski definition) is 1. The van der Waals surface area contributed by atoms with Crippen LogP contribution in [0, 0.1) is 0 Å².